The molecular formula is C13H15FN2O. The van der Waals surface area contributed by atoms with Crippen molar-refractivity contribution in [2.24, 2.45) is 0 Å². The van der Waals surface area contributed by atoms with Crippen molar-refractivity contribution in [1.29, 1.82) is 0 Å². The third-order valence-electron chi connectivity index (χ3n) is 2.54. The summed E-state index contributed by atoms with van der Waals surface area (Å²) in [5.41, 5.74) is 1.06. The number of hydrogen-bond donors (Lipinski definition) is 1. The number of benzene rings is 1. The first-order valence-corrected chi connectivity index (χ1v) is 5.63. The Bertz CT molecular complexity index is 508. The Morgan fingerprint density at radius 1 is 1.41 bits per heavy atom. The molecule has 0 spiro atoms. The van der Waals surface area contributed by atoms with Crippen LogP contribution in [0.3, 0.4) is 0 Å². The van der Waals surface area contributed by atoms with E-state index in [-0.39, 0.29) is 5.82 Å². The molecule has 0 atom stereocenters. The molecule has 2 rings (SSSR count). The highest BCUT2D eigenvalue weighted by Gasteiger charge is 2.11. The summed E-state index contributed by atoms with van der Waals surface area (Å²) in [6.07, 6.45) is 1.56. The summed E-state index contributed by atoms with van der Waals surface area (Å²) in [7, 11) is 0. The molecule has 2 aromatic rings. The van der Waals surface area contributed by atoms with Gasteiger partial charge in [-0.15, -0.1) is 0 Å². The van der Waals surface area contributed by atoms with Gasteiger partial charge >= 0.3 is 0 Å². The summed E-state index contributed by atoms with van der Waals surface area (Å²) in [4.78, 5) is 4.11. The van der Waals surface area contributed by atoms with Crippen LogP contribution in [0.1, 0.15) is 18.4 Å². The van der Waals surface area contributed by atoms with Crippen LogP contribution in [0.15, 0.2) is 28.8 Å². The minimum absolute atomic E-state index is 0.251. The zero-order chi connectivity index (χ0) is 12.3. The molecule has 0 saturated carbocycles. The van der Waals surface area contributed by atoms with Gasteiger partial charge < -0.3 is 9.73 Å². The Kier molecular flexibility index (Phi) is 3.54. The van der Waals surface area contributed by atoms with Crippen LogP contribution in [0.4, 0.5) is 4.39 Å². The lowest BCUT2D eigenvalue weighted by Crippen LogP contribution is -2.11. The van der Waals surface area contributed by atoms with Gasteiger partial charge in [-0.25, -0.2) is 9.37 Å². The molecule has 0 radical (unpaired) electrons. The molecular weight excluding hydrogens is 219 g/mol. The molecule has 0 aliphatic carbocycles. The summed E-state index contributed by atoms with van der Waals surface area (Å²) in [6.45, 7) is 5.14. The molecule has 3 nitrogen and oxygen atoms in total. The molecule has 0 aliphatic heterocycles. The van der Waals surface area contributed by atoms with E-state index >= 15 is 0 Å². The Morgan fingerprint density at radius 2 is 2.24 bits per heavy atom. The quantitative estimate of drug-likeness (QED) is 0.884. The summed E-state index contributed by atoms with van der Waals surface area (Å²) in [5.74, 6) is 0.792. The van der Waals surface area contributed by atoms with Gasteiger partial charge in [0.2, 0.25) is 5.89 Å². The number of halogens is 1. The van der Waals surface area contributed by atoms with E-state index < -0.39 is 0 Å². The largest absolute Gasteiger partial charge is 0.439 e. The van der Waals surface area contributed by atoms with E-state index in [4.69, 9.17) is 4.42 Å². The summed E-state index contributed by atoms with van der Waals surface area (Å²) in [5, 5.41) is 3.11. The molecule has 0 amide bonds. The number of hydrogen-bond acceptors (Lipinski definition) is 3. The summed E-state index contributed by atoms with van der Waals surface area (Å²) >= 11 is 0. The van der Waals surface area contributed by atoms with E-state index in [2.05, 4.69) is 10.3 Å². The lowest BCUT2D eigenvalue weighted by atomic mass is 10.1. The maximum atomic E-state index is 13.8. The predicted molar refractivity (Wildman–Crippen MR) is 64.0 cm³/mol. The van der Waals surface area contributed by atoms with Crippen molar-refractivity contribution in [3.63, 3.8) is 0 Å². The van der Waals surface area contributed by atoms with Gasteiger partial charge in [0.1, 0.15) is 5.82 Å². The molecule has 1 aromatic heterocycles. The van der Waals surface area contributed by atoms with Gasteiger partial charge in [0, 0.05) is 0 Å². The van der Waals surface area contributed by atoms with Crippen LogP contribution >= 0.6 is 0 Å². The van der Waals surface area contributed by atoms with Gasteiger partial charge in [-0.1, -0.05) is 19.1 Å². The predicted octanol–water partition coefficient (Wildman–Crippen LogP) is 2.90. The minimum Gasteiger partial charge on any atom is -0.439 e. The second-order valence-corrected chi connectivity index (χ2v) is 3.84. The van der Waals surface area contributed by atoms with Crippen molar-refractivity contribution in [1.82, 2.24) is 10.3 Å². The van der Waals surface area contributed by atoms with Crippen LogP contribution in [0.5, 0.6) is 0 Å². The normalized spacial score (nSPS) is 10.8. The number of nitrogens with one attached hydrogen (secondary N) is 1. The smallest absolute Gasteiger partial charge is 0.208 e. The molecule has 0 saturated heterocycles. The highest BCUT2D eigenvalue weighted by Crippen LogP contribution is 2.25. The zero-order valence-electron chi connectivity index (χ0n) is 9.96. The van der Waals surface area contributed by atoms with Crippen molar-refractivity contribution >= 4 is 0 Å². The first-order valence-electron chi connectivity index (χ1n) is 5.63. The SMILES string of the molecule is CCNCc1ncc(-c2cccc(C)c2F)o1. The number of oxazole rings is 1. The molecule has 0 aliphatic rings. The fourth-order valence-corrected chi connectivity index (χ4v) is 1.59. The van der Waals surface area contributed by atoms with E-state index in [0.717, 1.165) is 6.54 Å². The molecule has 0 bridgehead atoms. The molecule has 1 aromatic carbocycles. The third-order valence-corrected chi connectivity index (χ3v) is 2.54. The van der Waals surface area contributed by atoms with Gasteiger partial charge in [-0.05, 0) is 25.1 Å². The number of nitrogens with zero attached hydrogens (tertiary/aromatic N) is 1. The van der Waals surface area contributed by atoms with Crippen molar-refractivity contribution < 1.29 is 8.81 Å². The Hall–Kier alpha value is -1.68. The molecule has 17 heavy (non-hydrogen) atoms. The maximum absolute atomic E-state index is 13.8. The molecule has 4 heteroatoms. The van der Waals surface area contributed by atoms with Gasteiger partial charge in [-0.3, -0.25) is 0 Å². The van der Waals surface area contributed by atoms with Gasteiger partial charge in [0.05, 0.1) is 18.3 Å². The van der Waals surface area contributed by atoms with E-state index in [1.165, 1.54) is 0 Å². The highest BCUT2D eigenvalue weighted by molar-refractivity contribution is 5.58. The number of rotatable bonds is 4. The minimum atomic E-state index is -0.251. The average molecular weight is 234 g/mol. The third kappa shape index (κ3) is 2.53. The van der Waals surface area contributed by atoms with E-state index in [0.29, 0.717) is 29.3 Å². The molecule has 0 fully saturated rings. The lowest BCUT2D eigenvalue weighted by Gasteiger charge is -2.01. The fraction of sp³-hybridized carbons (Fsp3) is 0.308. The summed E-state index contributed by atoms with van der Waals surface area (Å²) in [6, 6.07) is 5.23. The van der Waals surface area contributed by atoms with Crippen LogP contribution in [-0.4, -0.2) is 11.5 Å². The van der Waals surface area contributed by atoms with Crippen molar-refractivity contribution in [3.05, 3.63) is 41.7 Å². The van der Waals surface area contributed by atoms with Gasteiger partial charge in [-0.2, -0.15) is 0 Å². The van der Waals surface area contributed by atoms with Gasteiger partial charge in [0.25, 0.3) is 0 Å². The molecule has 1 N–H and O–H groups in total. The van der Waals surface area contributed by atoms with Crippen LogP contribution in [0, 0.1) is 12.7 Å². The molecule has 1 heterocycles. The van der Waals surface area contributed by atoms with E-state index in [9.17, 15) is 4.39 Å². The first kappa shape index (κ1) is 11.8. The Labute approximate surface area is 99.7 Å². The monoisotopic (exact) mass is 234 g/mol. The average Bonchev–Trinajstić information content (AvgIpc) is 2.78. The van der Waals surface area contributed by atoms with E-state index in [1.807, 2.05) is 6.92 Å². The van der Waals surface area contributed by atoms with Gasteiger partial charge in [0.15, 0.2) is 5.76 Å². The van der Waals surface area contributed by atoms with Crippen LogP contribution in [0.25, 0.3) is 11.3 Å². The van der Waals surface area contributed by atoms with Crippen LogP contribution < -0.4 is 5.32 Å². The Balaban J connectivity index is 2.27. The standard InChI is InChI=1S/C13H15FN2O/c1-3-15-8-12-16-7-11(17-12)10-6-4-5-9(2)13(10)14/h4-7,15H,3,8H2,1-2H3. The number of aromatic nitrogens is 1. The second kappa shape index (κ2) is 5.10. The second-order valence-electron chi connectivity index (χ2n) is 3.84. The highest BCUT2D eigenvalue weighted by atomic mass is 19.1. The van der Waals surface area contributed by atoms with Crippen LogP contribution in [0.2, 0.25) is 0 Å². The van der Waals surface area contributed by atoms with E-state index in [1.54, 1.807) is 31.3 Å². The lowest BCUT2D eigenvalue weighted by molar-refractivity contribution is 0.479. The van der Waals surface area contributed by atoms with Crippen molar-refractivity contribution in [2.75, 3.05) is 6.54 Å². The maximum Gasteiger partial charge on any atom is 0.208 e. The summed E-state index contributed by atoms with van der Waals surface area (Å²) < 4.78 is 19.3. The number of aryl methyl sites for hydroxylation is 1. The van der Waals surface area contributed by atoms with Crippen molar-refractivity contribution in [3.8, 4) is 11.3 Å². The zero-order valence-corrected chi connectivity index (χ0v) is 9.96. The topological polar surface area (TPSA) is 38.1 Å². The molecule has 0 unspecified atom stereocenters. The first-order chi connectivity index (χ1) is 8.22. The molecule has 90 valence electrons. The fourth-order valence-electron chi connectivity index (χ4n) is 1.59. The van der Waals surface area contributed by atoms with Crippen LogP contribution in [-0.2, 0) is 6.54 Å². The van der Waals surface area contributed by atoms with Crippen molar-refractivity contribution in [2.45, 2.75) is 20.4 Å². The Morgan fingerprint density at radius 3 is 3.00 bits per heavy atom.